The fourth-order valence-corrected chi connectivity index (χ4v) is 2.62. The van der Waals surface area contributed by atoms with E-state index in [0.29, 0.717) is 11.7 Å². The highest BCUT2D eigenvalue weighted by atomic mass is 16.1. The first-order valence-electron chi connectivity index (χ1n) is 5.90. The molecule has 0 radical (unpaired) electrons. The number of carbonyl (C=O) groups is 1. The number of fused-ring (bicyclic) bond motifs is 3. The third-order valence-corrected chi connectivity index (χ3v) is 3.56. The molecule has 0 saturated carbocycles. The number of Topliss-reactive ketones (excluding diaryl/α,β-unsaturated/α-hetero) is 1. The van der Waals surface area contributed by atoms with E-state index in [-0.39, 0.29) is 0 Å². The van der Waals surface area contributed by atoms with Crippen molar-refractivity contribution in [3.8, 4) is 0 Å². The highest BCUT2D eigenvalue weighted by molar-refractivity contribution is 6.01. The summed E-state index contributed by atoms with van der Waals surface area (Å²) in [7, 11) is 0. The summed E-state index contributed by atoms with van der Waals surface area (Å²) in [5.41, 5.74) is 2.05. The fraction of sp³-hybridized carbons (Fsp3) is 0.357. The molecule has 16 heavy (non-hydrogen) atoms. The molecule has 2 heteroatoms. The predicted octanol–water partition coefficient (Wildman–Crippen LogP) is 2.32. The Hall–Kier alpha value is -1.57. The number of hydrogen-bond acceptors (Lipinski definition) is 2. The van der Waals surface area contributed by atoms with Gasteiger partial charge in [-0.3, -0.25) is 4.79 Å². The van der Waals surface area contributed by atoms with Crippen LogP contribution < -0.4 is 0 Å². The minimum Gasteiger partial charge on any atom is -0.369 e. The van der Waals surface area contributed by atoms with Crippen LogP contribution in [0, 0.1) is 5.92 Å². The smallest absolute Gasteiger partial charge is 0.182 e. The lowest BCUT2D eigenvalue weighted by molar-refractivity contribution is -0.125. The molecule has 3 aliphatic heterocycles. The van der Waals surface area contributed by atoms with Gasteiger partial charge in [0.05, 0.1) is 5.70 Å². The summed E-state index contributed by atoms with van der Waals surface area (Å²) >= 11 is 0. The van der Waals surface area contributed by atoms with Crippen molar-refractivity contribution in [3.05, 3.63) is 41.6 Å². The van der Waals surface area contributed by atoms with Gasteiger partial charge in [-0.15, -0.1) is 0 Å². The molecular weight excluding hydrogens is 198 g/mol. The van der Waals surface area contributed by atoms with Crippen LogP contribution in [0.3, 0.4) is 0 Å². The van der Waals surface area contributed by atoms with Crippen molar-refractivity contribution in [2.75, 3.05) is 13.1 Å². The summed E-state index contributed by atoms with van der Waals surface area (Å²) in [5, 5.41) is 0. The van der Waals surface area contributed by atoms with E-state index in [4.69, 9.17) is 0 Å². The Balaban J connectivity index is 1.95. The van der Waals surface area contributed by atoms with Crippen LogP contribution in [-0.4, -0.2) is 23.8 Å². The Morgan fingerprint density at radius 3 is 2.44 bits per heavy atom. The van der Waals surface area contributed by atoms with Crippen LogP contribution in [0.1, 0.15) is 18.4 Å². The van der Waals surface area contributed by atoms with Crippen molar-refractivity contribution in [1.29, 1.82) is 0 Å². The van der Waals surface area contributed by atoms with Crippen LogP contribution in [0.4, 0.5) is 0 Å². The molecule has 4 rings (SSSR count). The zero-order valence-electron chi connectivity index (χ0n) is 9.23. The second-order valence-corrected chi connectivity index (χ2v) is 4.57. The molecule has 3 heterocycles. The second kappa shape index (κ2) is 3.78. The van der Waals surface area contributed by atoms with Crippen molar-refractivity contribution < 1.29 is 4.79 Å². The maximum Gasteiger partial charge on any atom is 0.182 e. The molecule has 1 aromatic rings. The van der Waals surface area contributed by atoms with E-state index in [0.717, 1.165) is 37.2 Å². The number of ketones is 1. The first-order valence-corrected chi connectivity index (χ1v) is 5.90. The molecule has 0 unspecified atom stereocenters. The van der Waals surface area contributed by atoms with Gasteiger partial charge in [0, 0.05) is 19.0 Å². The second-order valence-electron chi connectivity index (χ2n) is 4.57. The molecule has 3 saturated heterocycles. The van der Waals surface area contributed by atoms with Gasteiger partial charge in [0.15, 0.2) is 5.78 Å². The average molecular weight is 213 g/mol. The summed E-state index contributed by atoms with van der Waals surface area (Å²) in [5.74, 6) is 0.640. The van der Waals surface area contributed by atoms with Gasteiger partial charge in [-0.25, -0.2) is 0 Å². The SMILES string of the molecule is O=C1/C(=C\c2ccccc2)N2CCC1CC2. The minimum atomic E-state index is 0.292. The number of benzene rings is 1. The molecule has 1 aromatic carbocycles. The molecule has 3 aliphatic rings. The molecule has 0 spiro atoms. The number of allylic oxidation sites excluding steroid dienone is 1. The van der Waals surface area contributed by atoms with Crippen LogP contribution in [-0.2, 0) is 4.79 Å². The van der Waals surface area contributed by atoms with Crippen LogP contribution >= 0.6 is 0 Å². The van der Waals surface area contributed by atoms with Crippen LogP contribution in [0.5, 0.6) is 0 Å². The van der Waals surface area contributed by atoms with E-state index in [9.17, 15) is 4.79 Å². The molecule has 2 bridgehead atoms. The third kappa shape index (κ3) is 1.54. The average Bonchev–Trinajstić information content (AvgIpc) is 2.36. The van der Waals surface area contributed by atoms with Gasteiger partial charge in [-0.2, -0.15) is 0 Å². The Morgan fingerprint density at radius 2 is 1.81 bits per heavy atom. The zero-order chi connectivity index (χ0) is 11.0. The van der Waals surface area contributed by atoms with Crippen LogP contribution in [0.2, 0.25) is 0 Å². The van der Waals surface area contributed by atoms with E-state index in [2.05, 4.69) is 4.90 Å². The van der Waals surface area contributed by atoms with Crippen LogP contribution in [0.15, 0.2) is 36.0 Å². The Morgan fingerprint density at radius 1 is 1.12 bits per heavy atom. The summed E-state index contributed by atoms with van der Waals surface area (Å²) in [4.78, 5) is 14.3. The van der Waals surface area contributed by atoms with Crippen LogP contribution in [0.25, 0.3) is 6.08 Å². The van der Waals surface area contributed by atoms with Crippen molar-refractivity contribution in [2.24, 2.45) is 5.92 Å². The monoisotopic (exact) mass is 213 g/mol. The van der Waals surface area contributed by atoms with Crippen molar-refractivity contribution in [3.63, 3.8) is 0 Å². The number of nitrogens with zero attached hydrogens (tertiary/aromatic N) is 1. The lowest BCUT2D eigenvalue weighted by Crippen LogP contribution is -2.45. The quantitative estimate of drug-likeness (QED) is 0.667. The third-order valence-electron chi connectivity index (χ3n) is 3.56. The highest BCUT2D eigenvalue weighted by Crippen LogP contribution is 2.32. The lowest BCUT2D eigenvalue weighted by atomic mass is 9.84. The topological polar surface area (TPSA) is 20.3 Å². The molecule has 0 N–H and O–H groups in total. The normalized spacial score (nSPS) is 23.1. The lowest BCUT2D eigenvalue weighted by Gasteiger charge is -2.41. The van der Waals surface area contributed by atoms with Gasteiger partial charge in [0.2, 0.25) is 0 Å². The standard InChI is InChI=1S/C14H15NO/c16-14-12-6-8-15(9-7-12)13(14)10-11-4-2-1-3-5-11/h1-5,10,12H,6-9H2/b13-10+. The molecule has 82 valence electrons. The van der Waals surface area contributed by atoms with E-state index in [1.165, 1.54) is 0 Å². The van der Waals surface area contributed by atoms with Gasteiger partial charge in [-0.1, -0.05) is 30.3 Å². The Labute approximate surface area is 95.6 Å². The summed E-state index contributed by atoms with van der Waals surface area (Å²) in [6, 6.07) is 10.1. The largest absolute Gasteiger partial charge is 0.369 e. The number of piperidine rings is 3. The molecular formula is C14H15NO. The maximum absolute atomic E-state index is 12.1. The van der Waals surface area contributed by atoms with Crippen molar-refractivity contribution >= 4 is 11.9 Å². The van der Waals surface area contributed by atoms with Gasteiger partial charge < -0.3 is 4.90 Å². The molecule has 0 atom stereocenters. The van der Waals surface area contributed by atoms with E-state index in [1.807, 2.05) is 36.4 Å². The van der Waals surface area contributed by atoms with Crippen molar-refractivity contribution in [1.82, 2.24) is 4.90 Å². The first-order chi connectivity index (χ1) is 7.84. The fourth-order valence-electron chi connectivity index (χ4n) is 2.62. The molecule has 0 amide bonds. The summed E-state index contributed by atoms with van der Waals surface area (Å²) in [6.07, 6.45) is 4.13. The minimum absolute atomic E-state index is 0.292. The number of carbonyl (C=O) groups excluding carboxylic acids is 1. The maximum atomic E-state index is 12.1. The number of rotatable bonds is 1. The first kappa shape index (κ1) is 9.64. The van der Waals surface area contributed by atoms with E-state index < -0.39 is 0 Å². The number of hydrogen-bond donors (Lipinski definition) is 0. The summed E-state index contributed by atoms with van der Waals surface area (Å²) < 4.78 is 0. The van der Waals surface area contributed by atoms with E-state index in [1.54, 1.807) is 0 Å². The van der Waals surface area contributed by atoms with Gasteiger partial charge in [0.25, 0.3) is 0 Å². The molecule has 0 aromatic heterocycles. The summed E-state index contributed by atoms with van der Waals surface area (Å²) in [6.45, 7) is 2.10. The van der Waals surface area contributed by atoms with Crippen molar-refractivity contribution in [2.45, 2.75) is 12.8 Å². The van der Waals surface area contributed by atoms with E-state index >= 15 is 0 Å². The van der Waals surface area contributed by atoms with Gasteiger partial charge in [-0.05, 0) is 24.5 Å². The Bertz CT molecular complexity index is 427. The molecule has 3 fully saturated rings. The highest BCUT2D eigenvalue weighted by Gasteiger charge is 2.36. The van der Waals surface area contributed by atoms with Gasteiger partial charge in [0.1, 0.15) is 0 Å². The Kier molecular flexibility index (Phi) is 2.28. The molecule has 2 nitrogen and oxygen atoms in total. The predicted molar refractivity (Wildman–Crippen MR) is 63.7 cm³/mol. The zero-order valence-corrected chi connectivity index (χ0v) is 9.23. The van der Waals surface area contributed by atoms with Gasteiger partial charge >= 0.3 is 0 Å². The molecule has 0 aliphatic carbocycles.